The molecule has 1 aliphatic carbocycles. The molecule has 3 aliphatic rings. The van der Waals surface area contributed by atoms with Gasteiger partial charge in [-0.15, -0.1) is 11.3 Å². The predicted molar refractivity (Wildman–Crippen MR) is 145 cm³/mol. The molecule has 38 heavy (non-hydrogen) atoms. The van der Waals surface area contributed by atoms with Crippen molar-refractivity contribution in [2.45, 2.75) is 50.7 Å². The molecule has 1 saturated heterocycles. The number of aromatic nitrogens is 1. The summed E-state index contributed by atoms with van der Waals surface area (Å²) in [4.78, 5) is 49.6. The van der Waals surface area contributed by atoms with E-state index in [0.29, 0.717) is 30.9 Å². The highest BCUT2D eigenvalue weighted by atomic mass is 32.1. The number of amides is 3. The van der Waals surface area contributed by atoms with Crippen molar-refractivity contribution in [1.82, 2.24) is 19.7 Å². The molecule has 10 heteroatoms. The molecule has 204 valence electrons. The maximum atomic E-state index is 14.0. The summed E-state index contributed by atoms with van der Waals surface area (Å²) >= 11 is 1.34. The molecule has 4 atom stereocenters. The monoisotopic (exact) mass is 539 g/mol. The van der Waals surface area contributed by atoms with E-state index < -0.39 is 0 Å². The highest BCUT2D eigenvalue weighted by Crippen LogP contribution is 2.40. The number of fused-ring (bicyclic) bond motifs is 1. The smallest absolute Gasteiger partial charge is 0.265 e. The number of nitrogens with two attached hydrogens (primary N) is 1. The van der Waals surface area contributed by atoms with Crippen LogP contribution in [0.15, 0.2) is 29.9 Å². The van der Waals surface area contributed by atoms with Crippen LogP contribution in [-0.2, 0) is 16.0 Å². The van der Waals surface area contributed by atoms with Crippen molar-refractivity contribution in [3.8, 4) is 5.75 Å². The van der Waals surface area contributed by atoms with Gasteiger partial charge in [-0.05, 0) is 30.9 Å². The molecule has 2 fully saturated rings. The first-order chi connectivity index (χ1) is 18.4. The fourth-order valence-corrected chi connectivity index (χ4v) is 6.87. The van der Waals surface area contributed by atoms with Crippen LogP contribution in [0.25, 0.3) is 0 Å². The van der Waals surface area contributed by atoms with Gasteiger partial charge in [0.1, 0.15) is 16.7 Å². The fraction of sp³-hybridized carbons (Fsp3) is 0.571. The van der Waals surface area contributed by atoms with Crippen molar-refractivity contribution in [2.24, 2.45) is 17.6 Å². The van der Waals surface area contributed by atoms with Gasteiger partial charge in [-0.2, -0.15) is 0 Å². The van der Waals surface area contributed by atoms with E-state index in [1.807, 2.05) is 21.9 Å². The number of nitrogens with zero attached hydrogens (tertiary/aromatic N) is 4. The van der Waals surface area contributed by atoms with Crippen LogP contribution in [0.4, 0.5) is 0 Å². The zero-order chi connectivity index (χ0) is 26.8. The largest absolute Gasteiger partial charge is 0.488 e. The molecular formula is C28H37N5O4S. The summed E-state index contributed by atoms with van der Waals surface area (Å²) in [6, 6.07) is 5.71. The molecule has 1 aromatic heterocycles. The average molecular weight is 540 g/mol. The first-order valence-electron chi connectivity index (χ1n) is 13.6. The maximum absolute atomic E-state index is 14.0. The van der Waals surface area contributed by atoms with Crippen LogP contribution in [0, 0.1) is 11.8 Å². The molecule has 0 unspecified atom stereocenters. The molecule has 0 radical (unpaired) electrons. The van der Waals surface area contributed by atoms with E-state index in [1.54, 1.807) is 30.7 Å². The van der Waals surface area contributed by atoms with Crippen LogP contribution in [0.5, 0.6) is 5.75 Å². The molecule has 0 spiro atoms. The van der Waals surface area contributed by atoms with Gasteiger partial charge in [0.2, 0.25) is 11.8 Å². The first kappa shape index (κ1) is 26.6. The molecule has 2 N–H and O–H groups in total. The summed E-state index contributed by atoms with van der Waals surface area (Å²) < 4.78 is 6.51. The summed E-state index contributed by atoms with van der Waals surface area (Å²) in [5.41, 5.74) is 10.1. The van der Waals surface area contributed by atoms with Crippen LogP contribution < -0.4 is 10.5 Å². The number of hydrogen-bond donors (Lipinski definition) is 1. The number of carbonyl (C=O) groups is 3. The van der Waals surface area contributed by atoms with Crippen LogP contribution >= 0.6 is 11.3 Å². The van der Waals surface area contributed by atoms with Crippen molar-refractivity contribution in [3.05, 3.63) is 45.9 Å². The van der Waals surface area contributed by atoms with Crippen molar-refractivity contribution >= 4 is 29.1 Å². The molecular weight excluding hydrogens is 502 g/mol. The molecule has 3 amide bonds. The van der Waals surface area contributed by atoms with Gasteiger partial charge in [-0.25, -0.2) is 0 Å². The number of thiazole rings is 1. The summed E-state index contributed by atoms with van der Waals surface area (Å²) in [7, 11) is 3.52. The first-order valence-corrected chi connectivity index (χ1v) is 14.4. The van der Waals surface area contributed by atoms with Gasteiger partial charge in [0.25, 0.3) is 5.91 Å². The lowest BCUT2D eigenvalue weighted by atomic mass is 9.77. The highest BCUT2D eigenvalue weighted by Gasteiger charge is 2.42. The summed E-state index contributed by atoms with van der Waals surface area (Å²) in [5.74, 6) is 0.189. The van der Waals surface area contributed by atoms with Gasteiger partial charge in [-0.1, -0.05) is 25.0 Å². The Kier molecular flexibility index (Phi) is 7.99. The van der Waals surface area contributed by atoms with Crippen LogP contribution in [0.3, 0.4) is 0 Å². The zero-order valence-corrected chi connectivity index (χ0v) is 23.0. The third kappa shape index (κ3) is 5.16. The van der Waals surface area contributed by atoms with Crippen molar-refractivity contribution in [3.63, 3.8) is 0 Å². The standard InChI is InChI=1S/C28H37N5O4S/c1-31(2)26(34)20-7-3-4-8-21(20)27(35)33-13-10-18-6-5-9-23(25(18)22(33)14-29)37-19-11-12-32(16-19)28(36)24-15-30-17-38-24/h5-6,9,15,17,19-22H,3-4,7-8,10-14,16,29H2,1-2H3/t19-,20-,21+,22+/m0/s1. The number of likely N-dealkylation sites (tertiary alicyclic amines) is 1. The van der Waals surface area contributed by atoms with Gasteiger partial charge < -0.3 is 25.2 Å². The lowest BCUT2D eigenvalue weighted by Crippen LogP contribution is -2.49. The van der Waals surface area contributed by atoms with Crippen LogP contribution in [-0.4, -0.2) is 83.8 Å². The molecule has 0 bridgehead atoms. The molecule has 1 saturated carbocycles. The Bertz CT molecular complexity index is 1170. The van der Waals surface area contributed by atoms with E-state index in [2.05, 4.69) is 11.1 Å². The average Bonchev–Trinajstić information content (AvgIpc) is 3.64. The second-order valence-corrected chi connectivity index (χ2v) is 11.6. The van der Waals surface area contributed by atoms with Gasteiger partial charge in [0, 0.05) is 57.5 Å². The number of carbonyl (C=O) groups excluding carboxylic acids is 3. The second-order valence-electron chi connectivity index (χ2n) is 10.7. The van der Waals surface area contributed by atoms with E-state index in [9.17, 15) is 14.4 Å². The van der Waals surface area contributed by atoms with Crippen molar-refractivity contribution in [2.75, 3.05) is 40.3 Å². The minimum atomic E-state index is -0.316. The second kappa shape index (κ2) is 11.4. The number of rotatable bonds is 6. The Hall–Kier alpha value is -2.98. The van der Waals surface area contributed by atoms with Crippen LogP contribution in [0.1, 0.15) is 58.9 Å². The van der Waals surface area contributed by atoms with Gasteiger partial charge in [0.05, 0.1) is 24.3 Å². The molecule has 3 heterocycles. The maximum Gasteiger partial charge on any atom is 0.265 e. The van der Waals surface area contributed by atoms with Gasteiger partial charge in [0.15, 0.2) is 0 Å². The number of ether oxygens (including phenoxy) is 1. The summed E-state index contributed by atoms with van der Waals surface area (Å²) in [6.07, 6.45) is 6.33. The third-order valence-electron chi connectivity index (χ3n) is 8.20. The summed E-state index contributed by atoms with van der Waals surface area (Å²) in [5, 5.41) is 0. The van der Waals surface area contributed by atoms with Crippen LogP contribution in [0.2, 0.25) is 0 Å². The Labute approximate surface area is 227 Å². The van der Waals surface area contributed by atoms with Gasteiger partial charge in [-0.3, -0.25) is 19.4 Å². The van der Waals surface area contributed by atoms with E-state index >= 15 is 0 Å². The molecule has 5 rings (SSSR count). The molecule has 2 aromatic rings. The zero-order valence-electron chi connectivity index (χ0n) is 22.2. The fourth-order valence-electron chi connectivity index (χ4n) is 6.28. The quantitative estimate of drug-likeness (QED) is 0.605. The topological polar surface area (TPSA) is 109 Å². The molecule has 1 aromatic carbocycles. The Morgan fingerprint density at radius 1 is 1.13 bits per heavy atom. The minimum absolute atomic E-state index is 0.0143. The Morgan fingerprint density at radius 2 is 1.92 bits per heavy atom. The third-order valence-corrected chi connectivity index (χ3v) is 8.97. The Morgan fingerprint density at radius 3 is 2.63 bits per heavy atom. The van der Waals surface area contributed by atoms with E-state index in [1.165, 1.54) is 11.3 Å². The van der Waals surface area contributed by atoms with E-state index in [0.717, 1.165) is 49.0 Å². The minimum Gasteiger partial charge on any atom is -0.488 e. The van der Waals surface area contributed by atoms with E-state index in [-0.39, 0.29) is 48.2 Å². The van der Waals surface area contributed by atoms with E-state index in [4.69, 9.17) is 10.5 Å². The predicted octanol–water partition coefficient (Wildman–Crippen LogP) is 2.72. The van der Waals surface area contributed by atoms with Crippen molar-refractivity contribution in [1.29, 1.82) is 0 Å². The van der Waals surface area contributed by atoms with Gasteiger partial charge >= 0.3 is 0 Å². The molecule has 2 aliphatic heterocycles. The number of hydrogen-bond acceptors (Lipinski definition) is 7. The van der Waals surface area contributed by atoms with Crippen molar-refractivity contribution < 1.29 is 19.1 Å². The Balaban J connectivity index is 1.34. The lowest BCUT2D eigenvalue weighted by molar-refractivity contribution is -0.148. The SMILES string of the molecule is CN(C)C(=O)[C@H]1CCCC[C@H]1C(=O)N1CCc2cccc(O[C@H]3CCN(C(=O)c4cncs4)C3)c2[C@H]1CN. The highest BCUT2D eigenvalue weighted by molar-refractivity contribution is 7.11. The molecule has 9 nitrogen and oxygen atoms in total. The normalized spacial score (nSPS) is 25.1. The number of benzene rings is 1. The summed E-state index contributed by atoms with van der Waals surface area (Å²) in [6.45, 7) is 1.99. The lowest BCUT2D eigenvalue weighted by Gasteiger charge is -2.42.